The largest absolute Gasteiger partial charge is 0.395 e. The number of hydrogen-bond donors (Lipinski definition) is 2. The van der Waals surface area contributed by atoms with Crippen LogP contribution in [0.25, 0.3) is 0 Å². The number of morpholine rings is 1. The van der Waals surface area contributed by atoms with Gasteiger partial charge in [-0.1, -0.05) is 0 Å². The fourth-order valence-corrected chi connectivity index (χ4v) is 2.20. The Morgan fingerprint density at radius 3 is 2.80 bits per heavy atom. The van der Waals surface area contributed by atoms with Crippen LogP contribution in [-0.2, 0) is 4.74 Å². The molecule has 0 bridgehead atoms. The van der Waals surface area contributed by atoms with E-state index in [9.17, 15) is 0 Å². The van der Waals surface area contributed by atoms with Crippen molar-refractivity contribution in [3.63, 3.8) is 0 Å². The highest BCUT2D eigenvalue weighted by Crippen LogP contribution is 2.20. The maximum atomic E-state index is 8.85. The molecule has 1 aliphatic rings. The first-order valence-electron chi connectivity index (χ1n) is 5.69. The molecule has 0 saturated carbocycles. The van der Waals surface area contributed by atoms with Crippen LogP contribution in [0.1, 0.15) is 27.2 Å². The van der Waals surface area contributed by atoms with E-state index in [0.717, 1.165) is 26.1 Å². The van der Waals surface area contributed by atoms with Crippen molar-refractivity contribution in [1.82, 2.24) is 4.90 Å². The summed E-state index contributed by atoms with van der Waals surface area (Å²) in [5.41, 5.74) is 5.62. The van der Waals surface area contributed by atoms with Crippen molar-refractivity contribution < 1.29 is 9.84 Å². The average molecular weight is 216 g/mol. The van der Waals surface area contributed by atoms with E-state index in [0.29, 0.717) is 0 Å². The first-order valence-corrected chi connectivity index (χ1v) is 5.69. The standard InChI is InChI=1S/C11H24N2O2/c1-9-6-13(5-4-10(12)7-14)8-11(2,3)15-9/h9-10,14H,4-8,12H2,1-3H3. The number of rotatable bonds is 4. The lowest BCUT2D eigenvalue weighted by atomic mass is 10.0. The molecule has 90 valence electrons. The Kier molecular flexibility index (Phi) is 4.52. The predicted octanol–water partition coefficient (Wildman–Crippen LogP) is 0.195. The van der Waals surface area contributed by atoms with E-state index in [1.807, 2.05) is 0 Å². The minimum absolute atomic E-state index is 0.0685. The molecule has 1 aliphatic heterocycles. The summed E-state index contributed by atoms with van der Waals surface area (Å²) in [6, 6.07) is -0.0914. The lowest BCUT2D eigenvalue weighted by Gasteiger charge is -2.42. The second-order valence-electron chi connectivity index (χ2n) is 5.15. The summed E-state index contributed by atoms with van der Waals surface area (Å²) in [4.78, 5) is 2.36. The third-order valence-corrected chi connectivity index (χ3v) is 2.69. The molecule has 4 nitrogen and oxygen atoms in total. The van der Waals surface area contributed by atoms with Gasteiger partial charge in [0.15, 0.2) is 0 Å². The molecule has 1 rings (SSSR count). The second-order valence-corrected chi connectivity index (χ2v) is 5.15. The third kappa shape index (κ3) is 4.47. The summed E-state index contributed by atoms with van der Waals surface area (Å²) < 4.78 is 5.81. The first kappa shape index (κ1) is 12.9. The molecule has 0 spiro atoms. The van der Waals surface area contributed by atoms with Gasteiger partial charge in [-0.15, -0.1) is 0 Å². The van der Waals surface area contributed by atoms with Gasteiger partial charge in [0.25, 0.3) is 0 Å². The monoisotopic (exact) mass is 216 g/mol. The lowest BCUT2D eigenvalue weighted by Crippen LogP contribution is -2.52. The van der Waals surface area contributed by atoms with E-state index in [1.54, 1.807) is 0 Å². The molecule has 4 heteroatoms. The third-order valence-electron chi connectivity index (χ3n) is 2.69. The minimum atomic E-state index is -0.0914. The van der Waals surface area contributed by atoms with Gasteiger partial charge >= 0.3 is 0 Å². The highest BCUT2D eigenvalue weighted by Gasteiger charge is 2.30. The summed E-state index contributed by atoms with van der Waals surface area (Å²) >= 11 is 0. The Balaban J connectivity index is 2.35. The SMILES string of the molecule is CC1CN(CCC(N)CO)CC(C)(C)O1. The number of nitrogens with zero attached hydrogens (tertiary/aromatic N) is 1. The van der Waals surface area contributed by atoms with Crippen molar-refractivity contribution >= 4 is 0 Å². The molecule has 0 aromatic carbocycles. The van der Waals surface area contributed by atoms with Crippen LogP contribution in [-0.4, -0.2) is 54.0 Å². The zero-order valence-corrected chi connectivity index (χ0v) is 10.1. The van der Waals surface area contributed by atoms with Gasteiger partial charge in [0.1, 0.15) is 0 Å². The normalized spacial score (nSPS) is 29.0. The minimum Gasteiger partial charge on any atom is -0.395 e. The Labute approximate surface area is 92.4 Å². The fourth-order valence-electron chi connectivity index (χ4n) is 2.20. The Morgan fingerprint density at radius 1 is 1.60 bits per heavy atom. The topological polar surface area (TPSA) is 58.7 Å². The molecule has 3 N–H and O–H groups in total. The van der Waals surface area contributed by atoms with Crippen LogP contribution in [0.4, 0.5) is 0 Å². The van der Waals surface area contributed by atoms with Gasteiger partial charge in [0.05, 0.1) is 18.3 Å². The van der Waals surface area contributed by atoms with Gasteiger partial charge in [-0.25, -0.2) is 0 Å². The fraction of sp³-hybridized carbons (Fsp3) is 1.00. The van der Waals surface area contributed by atoms with Gasteiger partial charge < -0.3 is 15.6 Å². The van der Waals surface area contributed by atoms with Crippen LogP contribution < -0.4 is 5.73 Å². The van der Waals surface area contributed by atoms with E-state index >= 15 is 0 Å². The maximum Gasteiger partial charge on any atom is 0.0757 e. The van der Waals surface area contributed by atoms with Gasteiger partial charge in [-0.2, -0.15) is 0 Å². The average Bonchev–Trinajstić information content (AvgIpc) is 2.11. The molecule has 0 aromatic heterocycles. The van der Waals surface area contributed by atoms with Gasteiger partial charge in [0.2, 0.25) is 0 Å². The smallest absolute Gasteiger partial charge is 0.0757 e. The Hall–Kier alpha value is -0.160. The van der Waals surface area contributed by atoms with Crippen LogP contribution in [0.5, 0.6) is 0 Å². The molecule has 0 amide bonds. The molecule has 1 heterocycles. The summed E-state index contributed by atoms with van der Waals surface area (Å²) in [6.45, 7) is 9.24. The zero-order chi connectivity index (χ0) is 11.5. The van der Waals surface area contributed by atoms with E-state index in [4.69, 9.17) is 15.6 Å². The molecule has 0 aliphatic carbocycles. The van der Waals surface area contributed by atoms with Crippen LogP contribution in [0.3, 0.4) is 0 Å². The van der Waals surface area contributed by atoms with Gasteiger partial charge in [-0.3, -0.25) is 4.90 Å². The van der Waals surface area contributed by atoms with Gasteiger partial charge in [-0.05, 0) is 33.7 Å². The molecule has 0 radical (unpaired) electrons. The van der Waals surface area contributed by atoms with Crippen molar-refractivity contribution in [3.05, 3.63) is 0 Å². The van der Waals surface area contributed by atoms with Crippen molar-refractivity contribution in [2.24, 2.45) is 5.73 Å². The summed E-state index contributed by atoms with van der Waals surface area (Å²) in [5.74, 6) is 0. The lowest BCUT2D eigenvalue weighted by molar-refractivity contribution is -0.129. The quantitative estimate of drug-likeness (QED) is 0.704. The van der Waals surface area contributed by atoms with Crippen molar-refractivity contribution in [3.8, 4) is 0 Å². The molecule has 2 unspecified atom stereocenters. The molecule has 2 atom stereocenters. The summed E-state index contributed by atoms with van der Waals surface area (Å²) in [6.07, 6.45) is 1.12. The molecule has 0 aromatic rings. The maximum absolute atomic E-state index is 8.85. The van der Waals surface area contributed by atoms with E-state index in [-0.39, 0.29) is 24.4 Å². The summed E-state index contributed by atoms with van der Waals surface area (Å²) in [7, 11) is 0. The number of ether oxygens (including phenoxy) is 1. The number of aliphatic hydroxyl groups is 1. The Bertz CT molecular complexity index is 197. The van der Waals surface area contributed by atoms with E-state index < -0.39 is 0 Å². The predicted molar refractivity (Wildman–Crippen MR) is 60.7 cm³/mol. The Morgan fingerprint density at radius 2 is 2.27 bits per heavy atom. The second kappa shape index (κ2) is 5.25. The number of aliphatic hydroxyl groups excluding tert-OH is 1. The molecular weight excluding hydrogens is 192 g/mol. The van der Waals surface area contributed by atoms with Crippen LogP contribution in [0.2, 0.25) is 0 Å². The summed E-state index contributed by atoms with van der Waals surface area (Å²) in [5, 5.41) is 8.85. The van der Waals surface area contributed by atoms with Gasteiger partial charge in [0, 0.05) is 19.1 Å². The zero-order valence-electron chi connectivity index (χ0n) is 10.1. The number of nitrogens with two attached hydrogens (primary N) is 1. The van der Waals surface area contributed by atoms with Crippen LogP contribution in [0, 0.1) is 0 Å². The molecular formula is C11H24N2O2. The first-order chi connectivity index (χ1) is 6.93. The van der Waals surface area contributed by atoms with Crippen molar-refractivity contribution in [2.45, 2.75) is 44.9 Å². The van der Waals surface area contributed by atoms with Crippen molar-refractivity contribution in [1.29, 1.82) is 0 Å². The van der Waals surface area contributed by atoms with Crippen molar-refractivity contribution in [2.75, 3.05) is 26.2 Å². The molecule has 1 fully saturated rings. The molecule has 15 heavy (non-hydrogen) atoms. The highest BCUT2D eigenvalue weighted by molar-refractivity contribution is 4.82. The van der Waals surface area contributed by atoms with E-state index in [1.165, 1.54) is 0 Å². The van der Waals surface area contributed by atoms with E-state index in [2.05, 4.69) is 25.7 Å². The van der Waals surface area contributed by atoms with Crippen LogP contribution >= 0.6 is 0 Å². The number of hydrogen-bond acceptors (Lipinski definition) is 4. The van der Waals surface area contributed by atoms with Crippen LogP contribution in [0.15, 0.2) is 0 Å². The highest BCUT2D eigenvalue weighted by atomic mass is 16.5. The molecule has 1 saturated heterocycles.